The number of amides is 1. The van der Waals surface area contributed by atoms with E-state index in [1.807, 2.05) is 11.8 Å². The smallest absolute Gasteiger partial charge is 0.228 e. The molecule has 4 aliphatic carbocycles. The van der Waals surface area contributed by atoms with Crippen molar-refractivity contribution in [3.8, 4) is 0 Å². The maximum Gasteiger partial charge on any atom is 0.228 e. The number of benzene rings is 1. The van der Waals surface area contributed by atoms with Crippen LogP contribution in [0.5, 0.6) is 0 Å². The monoisotopic (exact) mass is 371 g/mol. The standard InChI is InChI=1S/C23H30FNO2/c1-15-14-25(7-6-23(15,27)19-2-4-20(24)5-3-19)21(26)22-11-16-8-17(12-22)10-18(9-16)13-22/h2-5,15-18,27H,6-14H2,1H3. The van der Waals surface area contributed by atoms with E-state index in [2.05, 4.69) is 0 Å². The molecule has 6 rings (SSSR count). The largest absolute Gasteiger partial charge is 0.385 e. The van der Waals surface area contributed by atoms with Crippen LogP contribution in [0.3, 0.4) is 0 Å². The SMILES string of the molecule is CC1CN(C(=O)C23CC4CC(CC(C4)C2)C3)CCC1(O)c1ccc(F)cc1. The Bertz CT molecular complexity index is 710. The molecule has 3 nitrogen and oxygen atoms in total. The predicted molar refractivity (Wildman–Crippen MR) is 101 cm³/mol. The Morgan fingerprint density at radius 3 is 2.15 bits per heavy atom. The number of likely N-dealkylation sites (tertiary alicyclic amines) is 1. The Morgan fingerprint density at radius 2 is 1.63 bits per heavy atom. The highest BCUT2D eigenvalue weighted by molar-refractivity contribution is 5.83. The molecule has 1 saturated heterocycles. The van der Waals surface area contributed by atoms with Gasteiger partial charge >= 0.3 is 0 Å². The first-order chi connectivity index (χ1) is 12.9. The lowest BCUT2D eigenvalue weighted by Crippen LogP contribution is -2.58. The van der Waals surface area contributed by atoms with Gasteiger partial charge in [-0.15, -0.1) is 0 Å². The van der Waals surface area contributed by atoms with Gasteiger partial charge in [-0.25, -0.2) is 4.39 Å². The van der Waals surface area contributed by atoms with E-state index in [1.165, 1.54) is 31.4 Å². The molecule has 1 amide bonds. The summed E-state index contributed by atoms with van der Waals surface area (Å²) in [5, 5.41) is 11.3. The van der Waals surface area contributed by atoms with Crippen molar-refractivity contribution in [3.63, 3.8) is 0 Å². The van der Waals surface area contributed by atoms with Crippen LogP contribution in [0, 0.1) is 34.9 Å². The molecule has 4 saturated carbocycles. The second-order valence-electron chi connectivity index (χ2n) is 10.0. The summed E-state index contributed by atoms with van der Waals surface area (Å²) in [4.78, 5) is 15.6. The average Bonchev–Trinajstić information content (AvgIpc) is 2.63. The topological polar surface area (TPSA) is 40.5 Å². The van der Waals surface area contributed by atoms with Crippen molar-refractivity contribution >= 4 is 5.91 Å². The lowest BCUT2D eigenvalue weighted by Gasteiger charge is -2.57. The quantitative estimate of drug-likeness (QED) is 0.850. The summed E-state index contributed by atoms with van der Waals surface area (Å²) in [5.41, 5.74) is -0.329. The Kier molecular flexibility index (Phi) is 3.95. The summed E-state index contributed by atoms with van der Waals surface area (Å²) >= 11 is 0. The maximum atomic E-state index is 13.6. The molecule has 4 bridgehead atoms. The first-order valence-corrected chi connectivity index (χ1v) is 10.7. The van der Waals surface area contributed by atoms with Gasteiger partial charge < -0.3 is 10.0 Å². The summed E-state index contributed by atoms with van der Waals surface area (Å²) in [6.45, 7) is 3.20. The van der Waals surface area contributed by atoms with E-state index in [-0.39, 0.29) is 17.2 Å². The molecule has 5 aliphatic rings. The van der Waals surface area contributed by atoms with E-state index in [0.717, 1.165) is 42.6 Å². The highest BCUT2D eigenvalue weighted by atomic mass is 19.1. The fraction of sp³-hybridized carbons (Fsp3) is 0.696. The van der Waals surface area contributed by atoms with Gasteiger partial charge in [-0.05, 0) is 80.4 Å². The van der Waals surface area contributed by atoms with Gasteiger partial charge in [-0.1, -0.05) is 19.1 Å². The van der Waals surface area contributed by atoms with Gasteiger partial charge in [-0.3, -0.25) is 4.79 Å². The minimum atomic E-state index is -0.980. The fourth-order valence-corrected chi connectivity index (χ4v) is 7.18. The van der Waals surface area contributed by atoms with Crippen LogP contribution in [0.15, 0.2) is 24.3 Å². The average molecular weight is 371 g/mol. The van der Waals surface area contributed by atoms with E-state index >= 15 is 0 Å². The number of hydrogen-bond donors (Lipinski definition) is 1. The zero-order valence-corrected chi connectivity index (χ0v) is 16.2. The van der Waals surface area contributed by atoms with Crippen LogP contribution in [-0.4, -0.2) is 29.0 Å². The summed E-state index contributed by atoms with van der Waals surface area (Å²) in [6, 6.07) is 6.19. The molecule has 27 heavy (non-hydrogen) atoms. The van der Waals surface area contributed by atoms with Gasteiger partial charge in [0, 0.05) is 19.0 Å². The Balaban J connectivity index is 1.34. The number of hydrogen-bond acceptors (Lipinski definition) is 2. The molecule has 0 spiro atoms. The molecule has 1 heterocycles. The summed E-state index contributed by atoms with van der Waals surface area (Å²) in [7, 11) is 0. The van der Waals surface area contributed by atoms with Crippen LogP contribution in [0.25, 0.3) is 0 Å². The minimum Gasteiger partial charge on any atom is -0.385 e. The van der Waals surface area contributed by atoms with Crippen LogP contribution < -0.4 is 0 Å². The molecular formula is C23H30FNO2. The highest BCUT2D eigenvalue weighted by Crippen LogP contribution is 2.60. The van der Waals surface area contributed by atoms with Crippen LogP contribution >= 0.6 is 0 Å². The number of piperidine rings is 1. The number of carbonyl (C=O) groups is 1. The van der Waals surface area contributed by atoms with Crippen molar-refractivity contribution < 1.29 is 14.3 Å². The van der Waals surface area contributed by atoms with Crippen molar-refractivity contribution in [2.24, 2.45) is 29.1 Å². The zero-order valence-electron chi connectivity index (χ0n) is 16.2. The second kappa shape index (κ2) is 6.04. The minimum absolute atomic E-state index is 0.0606. The number of halogens is 1. The van der Waals surface area contributed by atoms with Crippen LogP contribution in [0.4, 0.5) is 4.39 Å². The fourth-order valence-electron chi connectivity index (χ4n) is 7.18. The lowest BCUT2D eigenvalue weighted by molar-refractivity contribution is -0.165. The Hall–Kier alpha value is -1.42. The van der Waals surface area contributed by atoms with Crippen molar-refractivity contribution in [1.29, 1.82) is 0 Å². The molecular weight excluding hydrogens is 341 g/mol. The summed E-state index contributed by atoms with van der Waals surface area (Å²) < 4.78 is 13.3. The van der Waals surface area contributed by atoms with Gasteiger partial charge in [-0.2, -0.15) is 0 Å². The van der Waals surface area contributed by atoms with Crippen LogP contribution in [0.1, 0.15) is 57.4 Å². The van der Waals surface area contributed by atoms with E-state index in [9.17, 15) is 14.3 Å². The molecule has 2 unspecified atom stereocenters. The highest BCUT2D eigenvalue weighted by Gasteiger charge is 2.56. The van der Waals surface area contributed by atoms with Crippen LogP contribution in [-0.2, 0) is 10.4 Å². The third-order valence-electron chi connectivity index (χ3n) is 8.20. The number of nitrogens with zero attached hydrogens (tertiary/aromatic N) is 1. The number of carbonyl (C=O) groups excluding carboxylic acids is 1. The Morgan fingerprint density at radius 1 is 1.07 bits per heavy atom. The van der Waals surface area contributed by atoms with Crippen molar-refractivity contribution in [2.75, 3.05) is 13.1 Å². The maximum absolute atomic E-state index is 13.6. The molecule has 2 atom stereocenters. The summed E-state index contributed by atoms with van der Waals surface area (Å²) in [5.74, 6) is 2.30. The van der Waals surface area contributed by atoms with E-state index in [0.29, 0.717) is 25.4 Å². The lowest BCUT2D eigenvalue weighted by atomic mass is 9.49. The van der Waals surface area contributed by atoms with E-state index in [4.69, 9.17) is 0 Å². The number of rotatable bonds is 2. The van der Waals surface area contributed by atoms with Gasteiger partial charge in [0.1, 0.15) is 5.82 Å². The van der Waals surface area contributed by atoms with Crippen molar-refractivity contribution in [3.05, 3.63) is 35.6 Å². The first-order valence-electron chi connectivity index (χ1n) is 10.7. The molecule has 1 N–H and O–H groups in total. The normalized spacial score (nSPS) is 43.1. The zero-order chi connectivity index (χ0) is 18.8. The van der Waals surface area contributed by atoms with E-state index < -0.39 is 5.60 Å². The van der Waals surface area contributed by atoms with Gasteiger partial charge in [0.05, 0.1) is 11.0 Å². The van der Waals surface area contributed by atoms with E-state index in [1.54, 1.807) is 12.1 Å². The Labute approximate surface area is 160 Å². The summed E-state index contributed by atoms with van der Waals surface area (Å²) in [6.07, 6.45) is 7.81. The third-order valence-corrected chi connectivity index (χ3v) is 8.20. The predicted octanol–water partition coefficient (Wildman–Crippen LogP) is 4.10. The molecule has 0 radical (unpaired) electrons. The van der Waals surface area contributed by atoms with Crippen molar-refractivity contribution in [2.45, 2.75) is 57.5 Å². The van der Waals surface area contributed by atoms with Gasteiger partial charge in [0.2, 0.25) is 5.91 Å². The molecule has 0 aromatic heterocycles. The molecule has 5 fully saturated rings. The van der Waals surface area contributed by atoms with Gasteiger partial charge in [0.25, 0.3) is 0 Å². The molecule has 4 heteroatoms. The van der Waals surface area contributed by atoms with Crippen molar-refractivity contribution in [1.82, 2.24) is 4.90 Å². The molecule has 1 aromatic carbocycles. The molecule has 1 aliphatic heterocycles. The van der Waals surface area contributed by atoms with Gasteiger partial charge in [0.15, 0.2) is 0 Å². The molecule has 1 aromatic rings. The first kappa shape index (κ1) is 17.7. The third kappa shape index (κ3) is 2.74. The van der Waals surface area contributed by atoms with Crippen LogP contribution in [0.2, 0.25) is 0 Å². The molecule has 146 valence electrons. The second-order valence-corrected chi connectivity index (χ2v) is 10.0. The number of aliphatic hydroxyl groups is 1.